The van der Waals surface area contributed by atoms with Crippen LogP contribution in [-0.4, -0.2) is 29.4 Å². The number of hydrogen-bond acceptors (Lipinski definition) is 2. The first-order valence-electron chi connectivity index (χ1n) is 5.90. The second-order valence-electron chi connectivity index (χ2n) is 5.62. The van der Waals surface area contributed by atoms with E-state index < -0.39 is 5.54 Å². The van der Waals surface area contributed by atoms with Crippen LogP contribution in [-0.2, 0) is 4.79 Å². The van der Waals surface area contributed by atoms with Crippen molar-refractivity contribution in [3.63, 3.8) is 0 Å². The number of rotatable bonds is 2. The summed E-state index contributed by atoms with van der Waals surface area (Å²) in [5.74, 6) is 1.39. The number of amides is 1. The first-order valence-corrected chi connectivity index (χ1v) is 5.90. The Labute approximate surface area is 93.0 Å². The van der Waals surface area contributed by atoms with Gasteiger partial charge in [-0.2, -0.15) is 0 Å². The van der Waals surface area contributed by atoms with Crippen LogP contribution in [0.1, 0.15) is 40.5 Å². The van der Waals surface area contributed by atoms with Gasteiger partial charge in [0.1, 0.15) is 0 Å². The first kappa shape index (κ1) is 12.5. The van der Waals surface area contributed by atoms with Crippen LogP contribution >= 0.6 is 0 Å². The number of carbonyl (C=O) groups is 1. The van der Waals surface area contributed by atoms with Crippen LogP contribution in [0.5, 0.6) is 0 Å². The molecule has 3 heteroatoms. The predicted molar refractivity (Wildman–Crippen MR) is 62.4 cm³/mol. The molecular weight excluding hydrogens is 188 g/mol. The van der Waals surface area contributed by atoms with Crippen molar-refractivity contribution in [3.05, 3.63) is 0 Å². The molecule has 3 nitrogen and oxygen atoms in total. The molecule has 0 unspecified atom stereocenters. The Morgan fingerprint density at radius 2 is 2.07 bits per heavy atom. The van der Waals surface area contributed by atoms with E-state index >= 15 is 0 Å². The number of hydrogen-bond donors (Lipinski definition) is 1. The van der Waals surface area contributed by atoms with E-state index in [9.17, 15) is 4.79 Å². The molecule has 1 saturated heterocycles. The van der Waals surface area contributed by atoms with E-state index in [1.54, 1.807) is 13.8 Å². The van der Waals surface area contributed by atoms with Gasteiger partial charge in [0.15, 0.2) is 0 Å². The summed E-state index contributed by atoms with van der Waals surface area (Å²) >= 11 is 0. The van der Waals surface area contributed by atoms with Crippen LogP contribution in [0.3, 0.4) is 0 Å². The monoisotopic (exact) mass is 212 g/mol. The summed E-state index contributed by atoms with van der Waals surface area (Å²) in [6.07, 6.45) is 2.36. The molecular formula is C12H24N2O. The summed E-state index contributed by atoms with van der Waals surface area (Å²) in [6, 6.07) is 0. The predicted octanol–water partition coefficient (Wildman–Crippen LogP) is 1.62. The van der Waals surface area contributed by atoms with E-state index in [2.05, 4.69) is 13.8 Å². The molecule has 1 amide bonds. The highest BCUT2D eigenvalue weighted by Gasteiger charge is 2.32. The van der Waals surface area contributed by atoms with Gasteiger partial charge < -0.3 is 10.6 Å². The quantitative estimate of drug-likeness (QED) is 0.756. The summed E-state index contributed by atoms with van der Waals surface area (Å²) in [4.78, 5) is 13.9. The van der Waals surface area contributed by atoms with Gasteiger partial charge in [0.25, 0.3) is 0 Å². The topological polar surface area (TPSA) is 46.3 Å². The lowest BCUT2D eigenvalue weighted by atomic mass is 9.87. The summed E-state index contributed by atoms with van der Waals surface area (Å²) in [5, 5.41) is 0. The molecule has 1 heterocycles. The number of nitrogens with two attached hydrogens (primary N) is 1. The minimum atomic E-state index is -0.723. The molecule has 0 aromatic rings. The fraction of sp³-hybridized carbons (Fsp3) is 0.917. The molecule has 0 aromatic carbocycles. The molecule has 2 N–H and O–H groups in total. The normalized spacial score (nSPS) is 23.3. The summed E-state index contributed by atoms with van der Waals surface area (Å²) in [7, 11) is 0. The molecule has 1 atom stereocenters. The van der Waals surface area contributed by atoms with E-state index in [0.29, 0.717) is 11.8 Å². The highest BCUT2D eigenvalue weighted by Crippen LogP contribution is 2.24. The molecule has 0 bridgehead atoms. The number of piperidine rings is 1. The van der Waals surface area contributed by atoms with E-state index in [1.807, 2.05) is 4.90 Å². The number of carbonyl (C=O) groups excluding carboxylic acids is 1. The zero-order chi connectivity index (χ0) is 11.6. The lowest BCUT2D eigenvalue weighted by Crippen LogP contribution is -2.54. The Hall–Kier alpha value is -0.570. The molecule has 1 aliphatic heterocycles. The minimum Gasteiger partial charge on any atom is -0.341 e. The Kier molecular flexibility index (Phi) is 3.77. The average Bonchev–Trinajstić information content (AvgIpc) is 2.15. The second-order valence-corrected chi connectivity index (χ2v) is 5.62. The molecule has 1 rings (SSSR count). The van der Waals surface area contributed by atoms with Crippen LogP contribution in [0.4, 0.5) is 0 Å². The van der Waals surface area contributed by atoms with Crippen LogP contribution in [0.25, 0.3) is 0 Å². The number of nitrogens with zero attached hydrogens (tertiary/aromatic N) is 1. The van der Waals surface area contributed by atoms with E-state index in [4.69, 9.17) is 5.73 Å². The van der Waals surface area contributed by atoms with Crippen molar-refractivity contribution in [1.29, 1.82) is 0 Å². The highest BCUT2D eigenvalue weighted by molar-refractivity contribution is 5.85. The van der Waals surface area contributed by atoms with E-state index in [0.717, 1.165) is 19.5 Å². The van der Waals surface area contributed by atoms with Gasteiger partial charge in [-0.05, 0) is 38.5 Å². The van der Waals surface area contributed by atoms with Gasteiger partial charge in [-0.15, -0.1) is 0 Å². The highest BCUT2D eigenvalue weighted by atomic mass is 16.2. The molecule has 0 saturated carbocycles. The first-order chi connectivity index (χ1) is 6.82. The average molecular weight is 212 g/mol. The van der Waals surface area contributed by atoms with Gasteiger partial charge >= 0.3 is 0 Å². The third-order valence-electron chi connectivity index (χ3n) is 3.24. The zero-order valence-electron chi connectivity index (χ0n) is 10.4. The third kappa shape index (κ3) is 3.20. The maximum atomic E-state index is 12.0. The van der Waals surface area contributed by atoms with Gasteiger partial charge in [0.05, 0.1) is 5.54 Å². The van der Waals surface area contributed by atoms with Gasteiger partial charge in [-0.3, -0.25) is 4.79 Å². The summed E-state index contributed by atoms with van der Waals surface area (Å²) in [5.41, 5.74) is 5.12. The largest absolute Gasteiger partial charge is 0.341 e. The SMILES string of the molecule is CC(C)[C@@H]1CCCN(C(=O)C(C)(C)N)C1. The van der Waals surface area contributed by atoms with Crippen LogP contribution in [0, 0.1) is 11.8 Å². The molecule has 0 spiro atoms. The van der Waals surface area contributed by atoms with Crippen molar-refractivity contribution in [1.82, 2.24) is 4.90 Å². The van der Waals surface area contributed by atoms with Crippen molar-refractivity contribution >= 4 is 5.91 Å². The lowest BCUT2D eigenvalue weighted by molar-refractivity contribution is -0.138. The van der Waals surface area contributed by atoms with Crippen LogP contribution in [0.2, 0.25) is 0 Å². The standard InChI is InChI=1S/C12H24N2O/c1-9(2)10-6-5-7-14(8-10)11(15)12(3,4)13/h9-10H,5-8,13H2,1-4H3/t10-/m1/s1. The number of likely N-dealkylation sites (tertiary alicyclic amines) is 1. The van der Waals surface area contributed by atoms with E-state index in [-0.39, 0.29) is 5.91 Å². The maximum absolute atomic E-state index is 12.0. The van der Waals surface area contributed by atoms with Crippen molar-refractivity contribution in [2.24, 2.45) is 17.6 Å². The molecule has 88 valence electrons. The van der Waals surface area contributed by atoms with Gasteiger partial charge in [0, 0.05) is 13.1 Å². The summed E-state index contributed by atoms with van der Waals surface area (Å²) < 4.78 is 0. The maximum Gasteiger partial charge on any atom is 0.242 e. The Morgan fingerprint density at radius 3 is 2.53 bits per heavy atom. The Bertz CT molecular complexity index is 230. The Balaban J connectivity index is 2.60. The minimum absolute atomic E-state index is 0.0906. The van der Waals surface area contributed by atoms with Crippen LogP contribution in [0.15, 0.2) is 0 Å². The fourth-order valence-corrected chi connectivity index (χ4v) is 2.15. The smallest absolute Gasteiger partial charge is 0.242 e. The van der Waals surface area contributed by atoms with Gasteiger partial charge in [-0.1, -0.05) is 13.8 Å². The third-order valence-corrected chi connectivity index (χ3v) is 3.24. The molecule has 0 aliphatic carbocycles. The van der Waals surface area contributed by atoms with Crippen molar-refractivity contribution in [2.45, 2.75) is 46.1 Å². The summed E-state index contributed by atoms with van der Waals surface area (Å²) in [6.45, 7) is 9.79. The van der Waals surface area contributed by atoms with Crippen molar-refractivity contribution in [3.8, 4) is 0 Å². The van der Waals surface area contributed by atoms with Crippen LogP contribution < -0.4 is 5.73 Å². The van der Waals surface area contributed by atoms with Crippen molar-refractivity contribution < 1.29 is 4.79 Å². The molecule has 0 aromatic heterocycles. The van der Waals surface area contributed by atoms with Gasteiger partial charge in [0.2, 0.25) is 5.91 Å². The zero-order valence-corrected chi connectivity index (χ0v) is 10.4. The molecule has 1 aliphatic rings. The second kappa shape index (κ2) is 4.52. The molecule has 0 radical (unpaired) electrons. The van der Waals surface area contributed by atoms with E-state index in [1.165, 1.54) is 6.42 Å². The van der Waals surface area contributed by atoms with Gasteiger partial charge in [-0.25, -0.2) is 0 Å². The molecule has 15 heavy (non-hydrogen) atoms. The molecule has 1 fully saturated rings. The fourth-order valence-electron chi connectivity index (χ4n) is 2.15. The Morgan fingerprint density at radius 1 is 1.47 bits per heavy atom. The van der Waals surface area contributed by atoms with Crippen molar-refractivity contribution in [2.75, 3.05) is 13.1 Å². The lowest BCUT2D eigenvalue weighted by Gasteiger charge is -2.37.